The van der Waals surface area contributed by atoms with Crippen LogP contribution in [0.4, 0.5) is 17.1 Å². The number of hydrogen-bond acceptors (Lipinski definition) is 6. The van der Waals surface area contributed by atoms with Crippen molar-refractivity contribution in [2.75, 3.05) is 55.1 Å². The van der Waals surface area contributed by atoms with Crippen LogP contribution in [0.25, 0.3) is 0 Å². The van der Waals surface area contributed by atoms with E-state index in [1.807, 2.05) is 38.1 Å². The molecular formula is C24H31N3O5. The lowest BCUT2D eigenvalue weighted by atomic mass is 10.1. The Bertz CT molecular complexity index is 924. The summed E-state index contributed by atoms with van der Waals surface area (Å²) < 4.78 is 17.2. The molecule has 2 N–H and O–H groups in total. The second-order valence-corrected chi connectivity index (χ2v) is 7.38. The van der Waals surface area contributed by atoms with Gasteiger partial charge < -0.3 is 29.7 Å². The summed E-state index contributed by atoms with van der Waals surface area (Å²) >= 11 is 0. The molecule has 0 aliphatic carbocycles. The molecule has 2 amide bonds. The van der Waals surface area contributed by atoms with E-state index in [0.717, 1.165) is 24.3 Å². The van der Waals surface area contributed by atoms with Gasteiger partial charge in [-0.25, -0.2) is 0 Å². The first-order valence-corrected chi connectivity index (χ1v) is 10.9. The second kappa shape index (κ2) is 11.4. The normalized spacial score (nSPS) is 13.4. The van der Waals surface area contributed by atoms with Crippen molar-refractivity contribution >= 4 is 28.9 Å². The predicted molar refractivity (Wildman–Crippen MR) is 125 cm³/mol. The number of hydrogen-bond donors (Lipinski definition) is 2. The van der Waals surface area contributed by atoms with E-state index in [2.05, 4.69) is 15.5 Å². The average Bonchev–Trinajstić information content (AvgIpc) is 2.77. The number of amides is 2. The van der Waals surface area contributed by atoms with Crippen LogP contribution in [-0.4, -0.2) is 51.3 Å². The van der Waals surface area contributed by atoms with Gasteiger partial charge in [-0.15, -0.1) is 0 Å². The number of carbonyl (C=O) groups is 2. The van der Waals surface area contributed by atoms with Crippen molar-refractivity contribution in [1.82, 2.24) is 0 Å². The summed E-state index contributed by atoms with van der Waals surface area (Å²) in [4.78, 5) is 26.1. The van der Waals surface area contributed by atoms with Crippen molar-refractivity contribution in [1.29, 1.82) is 0 Å². The minimum absolute atomic E-state index is 0.135. The Labute approximate surface area is 188 Å². The second-order valence-electron chi connectivity index (χ2n) is 7.38. The van der Waals surface area contributed by atoms with Gasteiger partial charge in [0.15, 0.2) is 0 Å². The molecule has 0 spiro atoms. The summed E-state index contributed by atoms with van der Waals surface area (Å²) in [5, 5.41) is 5.68. The molecule has 2 aromatic rings. The highest BCUT2D eigenvalue weighted by Crippen LogP contribution is 2.39. The molecule has 1 aliphatic rings. The van der Waals surface area contributed by atoms with Gasteiger partial charge in [0.05, 0.1) is 44.2 Å². The molecule has 0 bridgehead atoms. The van der Waals surface area contributed by atoms with Crippen LogP contribution in [0.15, 0.2) is 36.4 Å². The Kier molecular flexibility index (Phi) is 8.33. The van der Waals surface area contributed by atoms with Gasteiger partial charge >= 0.3 is 0 Å². The van der Waals surface area contributed by atoms with Gasteiger partial charge in [0.25, 0.3) is 0 Å². The maximum atomic E-state index is 12.8. The lowest BCUT2D eigenvalue weighted by Crippen LogP contribution is -2.36. The molecule has 2 aromatic carbocycles. The number of morpholine rings is 1. The number of carbonyl (C=O) groups excluding carboxylic acids is 2. The van der Waals surface area contributed by atoms with Crippen LogP contribution in [0.3, 0.4) is 0 Å². The minimum Gasteiger partial charge on any atom is -0.492 e. The molecule has 3 rings (SSSR count). The third-order valence-electron chi connectivity index (χ3n) is 4.93. The molecule has 1 fully saturated rings. The fraction of sp³-hybridized carbons (Fsp3) is 0.417. The lowest BCUT2D eigenvalue weighted by Gasteiger charge is -2.31. The number of rotatable bonds is 9. The lowest BCUT2D eigenvalue weighted by molar-refractivity contribution is -0.116. The van der Waals surface area contributed by atoms with Crippen molar-refractivity contribution in [3.63, 3.8) is 0 Å². The fourth-order valence-corrected chi connectivity index (χ4v) is 3.53. The van der Waals surface area contributed by atoms with E-state index >= 15 is 0 Å². The summed E-state index contributed by atoms with van der Waals surface area (Å²) in [6, 6.07) is 11.0. The molecule has 0 radical (unpaired) electrons. The van der Waals surface area contributed by atoms with Crippen LogP contribution in [0, 0.1) is 0 Å². The van der Waals surface area contributed by atoms with Crippen molar-refractivity contribution in [2.45, 2.75) is 27.2 Å². The van der Waals surface area contributed by atoms with E-state index in [1.54, 1.807) is 12.1 Å². The highest BCUT2D eigenvalue weighted by molar-refractivity contribution is 5.95. The summed E-state index contributed by atoms with van der Waals surface area (Å²) in [5.74, 6) is 1.00. The van der Waals surface area contributed by atoms with Gasteiger partial charge in [0.1, 0.15) is 11.5 Å². The Morgan fingerprint density at radius 3 is 2.25 bits per heavy atom. The monoisotopic (exact) mass is 441 g/mol. The van der Waals surface area contributed by atoms with E-state index < -0.39 is 0 Å². The minimum atomic E-state index is -0.167. The van der Waals surface area contributed by atoms with Crippen LogP contribution in [-0.2, 0) is 20.7 Å². The highest BCUT2D eigenvalue weighted by Gasteiger charge is 2.20. The van der Waals surface area contributed by atoms with E-state index in [4.69, 9.17) is 14.2 Å². The van der Waals surface area contributed by atoms with Gasteiger partial charge in [0.2, 0.25) is 11.8 Å². The molecule has 0 aromatic heterocycles. The van der Waals surface area contributed by atoms with Gasteiger partial charge in [-0.2, -0.15) is 0 Å². The molecule has 8 nitrogen and oxygen atoms in total. The number of nitrogens with zero attached hydrogens (tertiary/aromatic N) is 1. The zero-order valence-electron chi connectivity index (χ0n) is 18.9. The first-order chi connectivity index (χ1) is 15.5. The molecule has 32 heavy (non-hydrogen) atoms. The summed E-state index contributed by atoms with van der Waals surface area (Å²) in [5.41, 5.74) is 3.04. The largest absolute Gasteiger partial charge is 0.492 e. The van der Waals surface area contributed by atoms with E-state index in [-0.39, 0.29) is 18.2 Å². The van der Waals surface area contributed by atoms with Crippen molar-refractivity contribution in [3.05, 3.63) is 42.0 Å². The van der Waals surface area contributed by atoms with Crippen LogP contribution >= 0.6 is 0 Å². The summed E-state index contributed by atoms with van der Waals surface area (Å²) in [7, 11) is 0. The van der Waals surface area contributed by atoms with Gasteiger partial charge in [-0.05, 0) is 31.5 Å². The number of anilines is 3. The molecular weight excluding hydrogens is 410 g/mol. The maximum absolute atomic E-state index is 12.8. The fourth-order valence-electron chi connectivity index (χ4n) is 3.53. The predicted octanol–water partition coefficient (Wildman–Crippen LogP) is 3.46. The molecule has 1 aliphatic heterocycles. The van der Waals surface area contributed by atoms with Gasteiger partial charge in [0, 0.05) is 37.8 Å². The van der Waals surface area contributed by atoms with Crippen molar-refractivity contribution in [2.24, 2.45) is 0 Å². The molecule has 0 atom stereocenters. The molecule has 172 valence electrons. The molecule has 1 heterocycles. The maximum Gasteiger partial charge on any atom is 0.228 e. The Balaban J connectivity index is 1.78. The Hall–Kier alpha value is -3.26. The Morgan fingerprint density at radius 1 is 0.969 bits per heavy atom. The van der Waals surface area contributed by atoms with Crippen molar-refractivity contribution < 1.29 is 23.8 Å². The van der Waals surface area contributed by atoms with Crippen LogP contribution in [0.1, 0.15) is 26.3 Å². The Morgan fingerprint density at radius 2 is 1.62 bits per heavy atom. The first kappa shape index (κ1) is 23.4. The smallest absolute Gasteiger partial charge is 0.228 e. The number of nitrogens with one attached hydrogen (secondary N) is 2. The quantitative estimate of drug-likeness (QED) is 0.620. The standard InChI is InChI=1S/C24H31N3O5/c1-4-31-22-16-21(27-10-12-30-13-11-27)23(32-5-2)15-20(22)26-24(29)14-18-6-8-19(9-7-18)25-17(3)28/h6-9,15-16H,4-5,10-14H2,1-3H3,(H,25,28)(H,26,29). The summed E-state index contributed by atoms with van der Waals surface area (Å²) in [6.45, 7) is 9.15. The average molecular weight is 442 g/mol. The molecule has 0 unspecified atom stereocenters. The zero-order chi connectivity index (χ0) is 22.9. The summed E-state index contributed by atoms with van der Waals surface area (Å²) in [6.07, 6.45) is 0.196. The number of ether oxygens (including phenoxy) is 3. The van der Waals surface area contributed by atoms with Crippen LogP contribution in [0.5, 0.6) is 11.5 Å². The van der Waals surface area contributed by atoms with Crippen LogP contribution in [0.2, 0.25) is 0 Å². The highest BCUT2D eigenvalue weighted by atomic mass is 16.5. The topological polar surface area (TPSA) is 89.1 Å². The molecule has 0 saturated carbocycles. The SMILES string of the molecule is CCOc1cc(N2CCOCC2)c(OCC)cc1NC(=O)Cc1ccc(NC(C)=O)cc1. The van der Waals surface area contributed by atoms with Crippen molar-refractivity contribution in [3.8, 4) is 11.5 Å². The van der Waals surface area contributed by atoms with Gasteiger partial charge in [-0.1, -0.05) is 12.1 Å². The van der Waals surface area contributed by atoms with E-state index in [0.29, 0.717) is 49.3 Å². The zero-order valence-corrected chi connectivity index (χ0v) is 18.9. The molecule has 8 heteroatoms. The third kappa shape index (κ3) is 6.37. The third-order valence-corrected chi connectivity index (χ3v) is 4.93. The van der Waals surface area contributed by atoms with E-state index in [9.17, 15) is 9.59 Å². The van der Waals surface area contributed by atoms with Crippen LogP contribution < -0.4 is 25.0 Å². The van der Waals surface area contributed by atoms with Gasteiger partial charge in [-0.3, -0.25) is 9.59 Å². The van der Waals surface area contributed by atoms with E-state index in [1.165, 1.54) is 6.92 Å². The molecule has 1 saturated heterocycles. The number of benzene rings is 2. The first-order valence-electron chi connectivity index (χ1n) is 10.9.